The van der Waals surface area contributed by atoms with Gasteiger partial charge in [0.05, 0.1) is 4.92 Å². The molecule has 1 heterocycles. The SMILES string of the molecule is C[C@H](NC(=O)Cn1cc([N+](=O)[O-])cn1)C(=O)OC(C)(C)C. The largest absolute Gasteiger partial charge is 0.458 e. The van der Waals surface area contributed by atoms with Gasteiger partial charge in [0.25, 0.3) is 0 Å². The number of carbonyl (C=O) groups is 2. The molecule has 0 saturated heterocycles. The highest BCUT2D eigenvalue weighted by Crippen LogP contribution is 2.09. The Balaban J connectivity index is 2.52. The topological polar surface area (TPSA) is 116 Å². The molecule has 0 aliphatic heterocycles. The molecule has 0 spiro atoms. The summed E-state index contributed by atoms with van der Waals surface area (Å²) in [7, 11) is 0. The molecule has 0 bridgehead atoms. The van der Waals surface area contributed by atoms with Crippen LogP contribution in [0.25, 0.3) is 0 Å². The molecule has 1 aromatic rings. The van der Waals surface area contributed by atoms with Crippen molar-refractivity contribution >= 4 is 17.6 Å². The summed E-state index contributed by atoms with van der Waals surface area (Å²) >= 11 is 0. The fourth-order valence-corrected chi connectivity index (χ4v) is 1.42. The molecule has 0 fully saturated rings. The van der Waals surface area contributed by atoms with Gasteiger partial charge in [0.2, 0.25) is 5.91 Å². The lowest BCUT2D eigenvalue weighted by Crippen LogP contribution is -2.43. The van der Waals surface area contributed by atoms with E-state index in [0.717, 1.165) is 17.1 Å². The first-order chi connectivity index (χ1) is 9.58. The third kappa shape index (κ3) is 5.59. The van der Waals surface area contributed by atoms with Crippen molar-refractivity contribution in [1.29, 1.82) is 0 Å². The zero-order chi connectivity index (χ0) is 16.2. The number of carbonyl (C=O) groups excluding carboxylic acids is 2. The molecule has 21 heavy (non-hydrogen) atoms. The number of ether oxygens (including phenoxy) is 1. The molecule has 0 saturated carbocycles. The lowest BCUT2D eigenvalue weighted by molar-refractivity contribution is -0.385. The van der Waals surface area contributed by atoms with E-state index in [9.17, 15) is 19.7 Å². The van der Waals surface area contributed by atoms with Crippen molar-refractivity contribution < 1.29 is 19.2 Å². The predicted octanol–water partition coefficient (Wildman–Crippen LogP) is 0.638. The van der Waals surface area contributed by atoms with Crippen molar-refractivity contribution in [2.24, 2.45) is 0 Å². The van der Waals surface area contributed by atoms with Crippen LogP contribution in [0.5, 0.6) is 0 Å². The number of nitro groups is 1. The maximum atomic E-state index is 11.7. The highest BCUT2D eigenvalue weighted by molar-refractivity contribution is 5.84. The molecule has 0 aliphatic rings. The van der Waals surface area contributed by atoms with E-state index in [1.54, 1.807) is 20.8 Å². The van der Waals surface area contributed by atoms with Gasteiger partial charge in [-0.15, -0.1) is 0 Å². The first-order valence-electron chi connectivity index (χ1n) is 6.27. The third-order valence-electron chi connectivity index (χ3n) is 2.27. The number of rotatable bonds is 5. The molecule has 9 nitrogen and oxygen atoms in total. The van der Waals surface area contributed by atoms with E-state index < -0.39 is 28.4 Å². The van der Waals surface area contributed by atoms with Gasteiger partial charge in [-0.1, -0.05) is 0 Å². The molecule has 116 valence electrons. The van der Waals surface area contributed by atoms with E-state index in [4.69, 9.17) is 4.74 Å². The van der Waals surface area contributed by atoms with E-state index in [1.807, 2.05) is 0 Å². The van der Waals surface area contributed by atoms with E-state index in [-0.39, 0.29) is 12.2 Å². The monoisotopic (exact) mass is 298 g/mol. The molecular weight excluding hydrogens is 280 g/mol. The van der Waals surface area contributed by atoms with Gasteiger partial charge in [-0.3, -0.25) is 19.6 Å². The smallest absolute Gasteiger partial charge is 0.328 e. The number of aromatic nitrogens is 2. The molecule has 1 atom stereocenters. The normalized spacial score (nSPS) is 12.6. The average Bonchev–Trinajstić information content (AvgIpc) is 2.74. The highest BCUT2D eigenvalue weighted by Gasteiger charge is 2.23. The Labute approximate surface area is 121 Å². The van der Waals surface area contributed by atoms with Crippen molar-refractivity contribution in [3.8, 4) is 0 Å². The fraction of sp³-hybridized carbons (Fsp3) is 0.583. The zero-order valence-corrected chi connectivity index (χ0v) is 12.3. The van der Waals surface area contributed by atoms with E-state index in [2.05, 4.69) is 10.4 Å². The minimum Gasteiger partial charge on any atom is -0.458 e. The first kappa shape index (κ1) is 16.6. The van der Waals surface area contributed by atoms with Crippen molar-refractivity contribution in [2.45, 2.75) is 45.9 Å². The molecule has 1 N–H and O–H groups in total. The summed E-state index contributed by atoms with van der Waals surface area (Å²) in [5, 5.41) is 16.6. The van der Waals surface area contributed by atoms with Gasteiger partial charge in [0, 0.05) is 0 Å². The van der Waals surface area contributed by atoms with Gasteiger partial charge in [0.15, 0.2) is 0 Å². The second kappa shape index (κ2) is 6.33. The Hall–Kier alpha value is -2.45. The Bertz CT molecular complexity index is 546. The van der Waals surface area contributed by atoms with Crippen LogP contribution in [0, 0.1) is 10.1 Å². The summed E-state index contributed by atoms with van der Waals surface area (Å²) in [5.74, 6) is -1.05. The van der Waals surface area contributed by atoms with E-state index >= 15 is 0 Å². The van der Waals surface area contributed by atoms with Gasteiger partial charge >= 0.3 is 11.7 Å². The van der Waals surface area contributed by atoms with Crippen LogP contribution in [-0.2, 0) is 20.9 Å². The van der Waals surface area contributed by atoms with Crippen molar-refractivity contribution in [3.63, 3.8) is 0 Å². The predicted molar refractivity (Wildman–Crippen MR) is 72.3 cm³/mol. The molecule has 1 amide bonds. The summed E-state index contributed by atoms with van der Waals surface area (Å²) in [6.45, 7) is 6.45. The van der Waals surface area contributed by atoms with Crippen LogP contribution in [0.2, 0.25) is 0 Å². The van der Waals surface area contributed by atoms with Gasteiger partial charge in [-0.25, -0.2) is 4.79 Å². The summed E-state index contributed by atoms with van der Waals surface area (Å²) in [5.41, 5.74) is -0.846. The van der Waals surface area contributed by atoms with Crippen LogP contribution >= 0.6 is 0 Å². The molecule has 1 rings (SSSR count). The maximum Gasteiger partial charge on any atom is 0.328 e. The third-order valence-corrected chi connectivity index (χ3v) is 2.27. The van der Waals surface area contributed by atoms with Crippen molar-refractivity contribution in [3.05, 3.63) is 22.5 Å². The van der Waals surface area contributed by atoms with Crippen LogP contribution < -0.4 is 5.32 Å². The number of nitrogens with zero attached hydrogens (tertiary/aromatic N) is 3. The number of nitrogens with one attached hydrogen (secondary N) is 1. The van der Waals surface area contributed by atoms with Crippen LogP contribution in [0.1, 0.15) is 27.7 Å². The molecule has 0 radical (unpaired) electrons. The molecule has 0 aliphatic carbocycles. The molecule has 0 unspecified atom stereocenters. The standard InChI is InChI=1S/C12H18N4O5/c1-8(11(18)21-12(2,3)4)14-10(17)7-15-6-9(5-13-15)16(19)20/h5-6,8H,7H2,1-4H3,(H,14,17)/t8-/m0/s1. The van der Waals surface area contributed by atoms with Crippen LogP contribution in [-0.4, -0.2) is 38.2 Å². The van der Waals surface area contributed by atoms with Crippen LogP contribution in [0.15, 0.2) is 12.4 Å². The minimum absolute atomic E-state index is 0.206. The maximum absolute atomic E-state index is 11.7. The van der Waals surface area contributed by atoms with E-state index in [0.29, 0.717) is 0 Å². The second-order valence-electron chi connectivity index (χ2n) is 5.48. The molecular formula is C12H18N4O5. The lowest BCUT2D eigenvalue weighted by Gasteiger charge is -2.22. The molecule has 9 heteroatoms. The number of esters is 1. The second-order valence-corrected chi connectivity index (χ2v) is 5.48. The quantitative estimate of drug-likeness (QED) is 0.484. The first-order valence-corrected chi connectivity index (χ1v) is 6.27. The zero-order valence-electron chi connectivity index (χ0n) is 12.3. The highest BCUT2D eigenvalue weighted by atomic mass is 16.6. The summed E-state index contributed by atoms with van der Waals surface area (Å²) in [6.07, 6.45) is 2.18. The summed E-state index contributed by atoms with van der Waals surface area (Å²) in [4.78, 5) is 33.3. The van der Waals surface area contributed by atoms with E-state index in [1.165, 1.54) is 6.92 Å². The lowest BCUT2D eigenvalue weighted by atomic mass is 10.2. The Kier molecular flexibility index (Phi) is 5.01. The fourth-order valence-electron chi connectivity index (χ4n) is 1.42. The number of amides is 1. The molecule has 1 aromatic heterocycles. The summed E-state index contributed by atoms with van der Waals surface area (Å²) < 4.78 is 6.24. The Morgan fingerprint density at radius 2 is 2.14 bits per heavy atom. The minimum atomic E-state index is -0.817. The van der Waals surface area contributed by atoms with Crippen molar-refractivity contribution in [1.82, 2.24) is 15.1 Å². The van der Waals surface area contributed by atoms with Gasteiger partial charge in [0.1, 0.15) is 30.6 Å². The molecule has 0 aromatic carbocycles. The van der Waals surface area contributed by atoms with Crippen molar-refractivity contribution in [2.75, 3.05) is 0 Å². The van der Waals surface area contributed by atoms with Gasteiger partial charge < -0.3 is 10.1 Å². The Morgan fingerprint density at radius 3 is 2.62 bits per heavy atom. The van der Waals surface area contributed by atoms with Gasteiger partial charge in [-0.2, -0.15) is 5.10 Å². The average molecular weight is 298 g/mol. The van der Waals surface area contributed by atoms with Gasteiger partial charge in [-0.05, 0) is 27.7 Å². The van der Waals surface area contributed by atoms with Crippen LogP contribution in [0.4, 0.5) is 5.69 Å². The number of hydrogen-bond acceptors (Lipinski definition) is 6. The van der Waals surface area contributed by atoms with Crippen LogP contribution in [0.3, 0.4) is 0 Å². The number of hydrogen-bond donors (Lipinski definition) is 1. The Morgan fingerprint density at radius 1 is 1.52 bits per heavy atom. The summed E-state index contributed by atoms with van der Waals surface area (Å²) in [6, 6.07) is -0.817.